The second kappa shape index (κ2) is 4.59. The fourth-order valence-corrected chi connectivity index (χ4v) is 1.47. The molecule has 0 unspecified atom stereocenters. The molecule has 2 rings (SSSR count). The molecule has 0 spiro atoms. The molecule has 0 aliphatic rings. The third-order valence-electron chi connectivity index (χ3n) is 1.98. The first kappa shape index (κ1) is 11.0. The van der Waals surface area contributed by atoms with Gasteiger partial charge in [0.2, 0.25) is 0 Å². The summed E-state index contributed by atoms with van der Waals surface area (Å²) in [4.78, 5) is 4.08. The Balaban J connectivity index is 2.39. The number of halogens is 2. The average molecular weight is 242 g/mol. The fraction of sp³-hybridized carbons (Fsp3) is 0.200. The minimum Gasteiger partial charge on any atom is -0.334 e. The summed E-state index contributed by atoms with van der Waals surface area (Å²) >= 11 is 5.80. The van der Waals surface area contributed by atoms with Crippen LogP contribution in [0.25, 0.3) is 11.5 Å². The number of rotatable bonds is 3. The van der Waals surface area contributed by atoms with Crippen LogP contribution in [-0.4, -0.2) is 17.2 Å². The molecular formula is C10H9ClFN3O. The fourth-order valence-electron chi connectivity index (χ4n) is 1.26. The van der Waals surface area contributed by atoms with Crippen LogP contribution in [0.15, 0.2) is 22.7 Å². The predicted octanol–water partition coefficient (Wildman–Crippen LogP) is 2.25. The Bertz CT molecular complexity index is 501. The Hall–Kier alpha value is -1.46. The predicted molar refractivity (Wildman–Crippen MR) is 57.5 cm³/mol. The number of benzene rings is 1. The largest absolute Gasteiger partial charge is 0.334 e. The first-order chi connectivity index (χ1) is 7.72. The maximum absolute atomic E-state index is 13.2. The topological polar surface area (TPSA) is 51.0 Å². The van der Waals surface area contributed by atoms with Gasteiger partial charge in [-0.1, -0.05) is 22.8 Å². The Morgan fingerprint density at radius 1 is 1.50 bits per heavy atom. The van der Waals surface area contributed by atoms with Gasteiger partial charge in [-0.3, -0.25) is 0 Å². The highest BCUT2D eigenvalue weighted by Gasteiger charge is 2.14. The van der Waals surface area contributed by atoms with Crippen LogP contribution in [0.1, 0.15) is 5.82 Å². The van der Waals surface area contributed by atoms with E-state index >= 15 is 0 Å². The second-order valence-corrected chi connectivity index (χ2v) is 3.53. The molecule has 1 heterocycles. The maximum Gasteiger partial charge on any atom is 0.259 e. The van der Waals surface area contributed by atoms with Gasteiger partial charge < -0.3 is 9.84 Å². The van der Waals surface area contributed by atoms with Crippen LogP contribution in [0.2, 0.25) is 5.02 Å². The highest BCUT2D eigenvalue weighted by molar-refractivity contribution is 6.33. The van der Waals surface area contributed by atoms with Crippen LogP contribution in [0.5, 0.6) is 0 Å². The minimum absolute atomic E-state index is 0.0119. The third kappa shape index (κ3) is 2.05. The molecule has 16 heavy (non-hydrogen) atoms. The number of hydrogen-bond acceptors (Lipinski definition) is 4. The molecule has 4 nitrogen and oxygen atoms in total. The molecule has 0 aliphatic heterocycles. The highest BCUT2D eigenvalue weighted by atomic mass is 35.5. The molecule has 0 radical (unpaired) electrons. The van der Waals surface area contributed by atoms with Crippen molar-refractivity contribution in [2.45, 2.75) is 6.54 Å². The summed E-state index contributed by atoms with van der Waals surface area (Å²) in [5.41, 5.74) is 0.400. The lowest BCUT2D eigenvalue weighted by Gasteiger charge is -1.98. The molecule has 2 aromatic rings. The molecule has 0 amide bonds. The summed E-state index contributed by atoms with van der Waals surface area (Å²) in [6, 6.07) is 4.44. The SMILES string of the molecule is CNCc1noc(-c2cccc(F)c2Cl)n1. The molecule has 0 fully saturated rings. The Labute approximate surface area is 96.4 Å². The summed E-state index contributed by atoms with van der Waals surface area (Å²) < 4.78 is 18.2. The number of aromatic nitrogens is 2. The molecule has 1 aromatic heterocycles. The maximum atomic E-state index is 13.2. The van der Waals surface area contributed by atoms with E-state index in [2.05, 4.69) is 15.5 Å². The number of hydrogen-bond donors (Lipinski definition) is 1. The van der Waals surface area contributed by atoms with Gasteiger partial charge in [-0.25, -0.2) is 4.39 Å². The van der Waals surface area contributed by atoms with Gasteiger partial charge in [-0.05, 0) is 19.2 Å². The zero-order valence-electron chi connectivity index (χ0n) is 8.50. The quantitative estimate of drug-likeness (QED) is 0.896. The third-order valence-corrected chi connectivity index (χ3v) is 2.37. The average Bonchev–Trinajstić information content (AvgIpc) is 2.71. The zero-order valence-corrected chi connectivity index (χ0v) is 9.25. The lowest BCUT2D eigenvalue weighted by molar-refractivity contribution is 0.420. The second-order valence-electron chi connectivity index (χ2n) is 3.15. The van der Waals surface area contributed by atoms with Gasteiger partial charge >= 0.3 is 0 Å². The van der Waals surface area contributed by atoms with Crippen LogP contribution >= 0.6 is 11.6 Å². The summed E-state index contributed by atoms with van der Waals surface area (Å²) in [5.74, 6) is 0.208. The monoisotopic (exact) mass is 241 g/mol. The van der Waals surface area contributed by atoms with E-state index in [9.17, 15) is 4.39 Å². The molecule has 0 bridgehead atoms. The van der Waals surface area contributed by atoms with Gasteiger partial charge in [-0.15, -0.1) is 0 Å². The number of nitrogens with one attached hydrogen (secondary N) is 1. The molecule has 0 atom stereocenters. The highest BCUT2D eigenvalue weighted by Crippen LogP contribution is 2.28. The van der Waals surface area contributed by atoms with Crippen molar-refractivity contribution in [1.29, 1.82) is 0 Å². The molecule has 1 aromatic carbocycles. The molecule has 1 N–H and O–H groups in total. The van der Waals surface area contributed by atoms with Gasteiger partial charge in [0.05, 0.1) is 17.1 Å². The van der Waals surface area contributed by atoms with Crippen molar-refractivity contribution in [1.82, 2.24) is 15.5 Å². The Morgan fingerprint density at radius 3 is 3.06 bits per heavy atom. The van der Waals surface area contributed by atoms with E-state index < -0.39 is 5.82 Å². The van der Waals surface area contributed by atoms with Crippen molar-refractivity contribution in [3.05, 3.63) is 34.9 Å². The van der Waals surface area contributed by atoms with Crippen molar-refractivity contribution < 1.29 is 8.91 Å². The zero-order chi connectivity index (χ0) is 11.5. The smallest absolute Gasteiger partial charge is 0.259 e. The molecule has 6 heteroatoms. The van der Waals surface area contributed by atoms with Gasteiger partial charge in [0.25, 0.3) is 5.89 Å². The van der Waals surface area contributed by atoms with E-state index in [1.54, 1.807) is 19.2 Å². The van der Waals surface area contributed by atoms with Gasteiger partial charge in [0, 0.05) is 0 Å². The van der Waals surface area contributed by atoms with Crippen LogP contribution in [0.3, 0.4) is 0 Å². The van der Waals surface area contributed by atoms with Crippen molar-refractivity contribution in [3.63, 3.8) is 0 Å². The van der Waals surface area contributed by atoms with E-state index in [1.807, 2.05) is 0 Å². The first-order valence-corrected chi connectivity index (χ1v) is 5.01. The summed E-state index contributed by atoms with van der Waals surface area (Å²) in [6.45, 7) is 0.483. The molecular weight excluding hydrogens is 233 g/mol. The van der Waals surface area contributed by atoms with E-state index in [0.29, 0.717) is 17.9 Å². The number of nitrogens with zero attached hydrogens (tertiary/aromatic N) is 2. The molecule has 84 valence electrons. The summed E-state index contributed by atoms with van der Waals surface area (Å²) in [5, 5.41) is 6.59. The van der Waals surface area contributed by atoms with E-state index in [4.69, 9.17) is 16.1 Å². The van der Waals surface area contributed by atoms with Crippen molar-refractivity contribution in [2.75, 3.05) is 7.05 Å². The molecule has 0 saturated carbocycles. The molecule has 0 saturated heterocycles. The van der Waals surface area contributed by atoms with E-state index in [-0.39, 0.29) is 10.9 Å². The van der Waals surface area contributed by atoms with Crippen LogP contribution in [-0.2, 0) is 6.54 Å². The first-order valence-electron chi connectivity index (χ1n) is 4.64. The standard InChI is InChI=1S/C10H9ClFN3O/c1-13-5-8-14-10(16-15-8)6-3-2-4-7(12)9(6)11/h2-4,13H,5H2,1H3. The Kier molecular flexibility index (Phi) is 3.17. The van der Waals surface area contributed by atoms with Gasteiger partial charge in [0.1, 0.15) is 5.82 Å². The Morgan fingerprint density at radius 2 is 2.31 bits per heavy atom. The van der Waals surface area contributed by atoms with Gasteiger partial charge in [0.15, 0.2) is 5.82 Å². The van der Waals surface area contributed by atoms with Crippen molar-refractivity contribution in [3.8, 4) is 11.5 Å². The minimum atomic E-state index is -0.507. The summed E-state index contributed by atoms with van der Waals surface area (Å²) in [6.07, 6.45) is 0. The van der Waals surface area contributed by atoms with Crippen molar-refractivity contribution >= 4 is 11.6 Å². The normalized spacial score (nSPS) is 10.7. The van der Waals surface area contributed by atoms with Crippen LogP contribution < -0.4 is 5.32 Å². The van der Waals surface area contributed by atoms with Crippen LogP contribution in [0, 0.1) is 5.82 Å². The van der Waals surface area contributed by atoms with Crippen LogP contribution in [0.4, 0.5) is 4.39 Å². The van der Waals surface area contributed by atoms with Crippen molar-refractivity contribution in [2.24, 2.45) is 0 Å². The van der Waals surface area contributed by atoms with Gasteiger partial charge in [-0.2, -0.15) is 4.98 Å². The molecule has 0 aliphatic carbocycles. The van der Waals surface area contributed by atoms with E-state index in [0.717, 1.165) is 0 Å². The summed E-state index contributed by atoms with van der Waals surface area (Å²) in [7, 11) is 1.77. The van der Waals surface area contributed by atoms with E-state index in [1.165, 1.54) is 6.07 Å². The lowest BCUT2D eigenvalue weighted by Crippen LogP contribution is -2.06. The lowest BCUT2D eigenvalue weighted by atomic mass is 10.2.